The Bertz CT molecular complexity index is 383. The molecule has 1 heteroatoms. The van der Waals surface area contributed by atoms with Crippen LogP contribution in [0.1, 0.15) is 45.7 Å². The van der Waals surface area contributed by atoms with Gasteiger partial charge in [0.25, 0.3) is 0 Å². The minimum atomic E-state index is 0.958. The lowest BCUT2D eigenvalue weighted by Crippen LogP contribution is -2.17. The van der Waals surface area contributed by atoms with Crippen LogP contribution in [0.2, 0.25) is 0 Å². The number of hydrogen-bond acceptors (Lipinski definition) is 1. The van der Waals surface area contributed by atoms with Crippen LogP contribution in [0.3, 0.4) is 0 Å². The van der Waals surface area contributed by atoms with E-state index in [0.29, 0.717) is 0 Å². The summed E-state index contributed by atoms with van der Waals surface area (Å²) in [5.41, 5.74) is 5.16. The highest BCUT2D eigenvalue weighted by molar-refractivity contribution is 5.67. The van der Waals surface area contributed by atoms with Crippen molar-refractivity contribution >= 4 is 5.70 Å². The van der Waals surface area contributed by atoms with E-state index < -0.39 is 0 Å². The van der Waals surface area contributed by atoms with E-state index in [1.807, 2.05) is 27.7 Å². The average molecular weight is 245 g/mol. The zero-order chi connectivity index (χ0) is 14.0. The first-order valence-electron chi connectivity index (χ1n) is 6.94. The molecule has 100 valence electrons. The molecule has 0 bridgehead atoms. The first-order valence-corrected chi connectivity index (χ1v) is 6.94. The molecule has 1 N–H and O–H groups in total. The molecule has 0 aliphatic carbocycles. The molecule has 0 saturated carbocycles. The zero-order valence-corrected chi connectivity index (χ0v) is 12.7. The summed E-state index contributed by atoms with van der Waals surface area (Å²) in [6.45, 7) is 13.2. The van der Waals surface area contributed by atoms with E-state index in [2.05, 4.69) is 55.6 Å². The summed E-state index contributed by atoms with van der Waals surface area (Å²) in [7, 11) is 0. The van der Waals surface area contributed by atoms with Crippen molar-refractivity contribution < 1.29 is 0 Å². The largest absolute Gasteiger partial charge is 0.381 e. The van der Waals surface area contributed by atoms with Gasteiger partial charge in [0.05, 0.1) is 0 Å². The SMILES string of the molecule is CC.CC.CC1=CC=C(c2ccc(C)cc2)NC1. The van der Waals surface area contributed by atoms with E-state index in [1.165, 1.54) is 22.4 Å². The predicted molar refractivity (Wildman–Crippen MR) is 83.6 cm³/mol. The molecule has 0 unspecified atom stereocenters. The fourth-order valence-corrected chi connectivity index (χ4v) is 1.51. The minimum absolute atomic E-state index is 0.958. The molecule has 0 radical (unpaired) electrons. The minimum Gasteiger partial charge on any atom is -0.381 e. The third kappa shape index (κ3) is 5.22. The fraction of sp³-hybridized carbons (Fsp3) is 0.412. The predicted octanol–water partition coefficient (Wildman–Crippen LogP) is 4.94. The number of aryl methyl sites for hydroxylation is 1. The molecular weight excluding hydrogens is 218 g/mol. The van der Waals surface area contributed by atoms with Gasteiger partial charge in [0.2, 0.25) is 0 Å². The lowest BCUT2D eigenvalue weighted by Gasteiger charge is -2.15. The zero-order valence-electron chi connectivity index (χ0n) is 12.7. The monoisotopic (exact) mass is 245 g/mol. The number of rotatable bonds is 1. The van der Waals surface area contributed by atoms with Gasteiger partial charge in [-0.15, -0.1) is 0 Å². The van der Waals surface area contributed by atoms with Gasteiger partial charge in [0.15, 0.2) is 0 Å². The maximum Gasteiger partial charge on any atom is 0.0416 e. The molecule has 0 atom stereocenters. The average Bonchev–Trinajstić information content (AvgIpc) is 2.45. The molecule has 0 fully saturated rings. The van der Waals surface area contributed by atoms with Gasteiger partial charge in [-0.1, -0.05) is 69.2 Å². The van der Waals surface area contributed by atoms with Gasteiger partial charge in [0.1, 0.15) is 0 Å². The van der Waals surface area contributed by atoms with Crippen molar-refractivity contribution in [2.45, 2.75) is 41.5 Å². The van der Waals surface area contributed by atoms with E-state index in [-0.39, 0.29) is 0 Å². The van der Waals surface area contributed by atoms with E-state index >= 15 is 0 Å². The summed E-state index contributed by atoms with van der Waals surface area (Å²) in [5.74, 6) is 0. The van der Waals surface area contributed by atoms with Crippen LogP contribution >= 0.6 is 0 Å². The van der Waals surface area contributed by atoms with Crippen molar-refractivity contribution in [3.8, 4) is 0 Å². The molecule has 0 aromatic heterocycles. The van der Waals surface area contributed by atoms with Crippen LogP contribution in [0.15, 0.2) is 42.0 Å². The van der Waals surface area contributed by atoms with Crippen molar-refractivity contribution in [1.82, 2.24) is 5.32 Å². The molecule has 1 aliphatic heterocycles. The molecule has 1 heterocycles. The summed E-state index contributed by atoms with van der Waals surface area (Å²) in [4.78, 5) is 0. The third-order valence-corrected chi connectivity index (χ3v) is 2.45. The molecule has 1 nitrogen and oxygen atoms in total. The summed E-state index contributed by atoms with van der Waals surface area (Å²) < 4.78 is 0. The fourth-order valence-electron chi connectivity index (χ4n) is 1.51. The van der Waals surface area contributed by atoms with Gasteiger partial charge in [-0.25, -0.2) is 0 Å². The number of hydrogen-bond donors (Lipinski definition) is 1. The van der Waals surface area contributed by atoms with Crippen LogP contribution in [0.4, 0.5) is 0 Å². The summed E-state index contributed by atoms with van der Waals surface area (Å²) in [6, 6.07) is 8.59. The standard InChI is InChI=1S/C13H15N.2C2H6/c1-10-3-6-12(7-4-10)13-8-5-11(2)9-14-13;2*1-2/h3-8,14H,9H2,1-2H3;2*1-2H3. The molecule has 1 aliphatic rings. The van der Waals surface area contributed by atoms with Crippen molar-refractivity contribution in [3.05, 3.63) is 53.1 Å². The third-order valence-electron chi connectivity index (χ3n) is 2.45. The van der Waals surface area contributed by atoms with Crippen LogP contribution in [0.5, 0.6) is 0 Å². The van der Waals surface area contributed by atoms with E-state index in [4.69, 9.17) is 0 Å². The second-order valence-electron chi connectivity index (χ2n) is 3.81. The van der Waals surface area contributed by atoms with Crippen LogP contribution in [0.25, 0.3) is 5.70 Å². The first kappa shape index (κ1) is 16.5. The Labute approximate surface area is 113 Å². The highest BCUT2D eigenvalue weighted by atomic mass is 14.9. The van der Waals surface area contributed by atoms with Crippen LogP contribution in [-0.4, -0.2) is 6.54 Å². The Morgan fingerprint density at radius 3 is 1.83 bits per heavy atom. The number of dihydropyridines is 1. The van der Waals surface area contributed by atoms with Crippen molar-refractivity contribution in [2.24, 2.45) is 0 Å². The summed E-state index contributed by atoms with van der Waals surface area (Å²) >= 11 is 0. The molecule has 2 rings (SSSR count). The second kappa shape index (κ2) is 9.52. The highest BCUT2D eigenvalue weighted by Crippen LogP contribution is 2.15. The van der Waals surface area contributed by atoms with E-state index in [9.17, 15) is 0 Å². The lowest BCUT2D eigenvalue weighted by molar-refractivity contribution is 0.941. The van der Waals surface area contributed by atoms with Crippen molar-refractivity contribution in [3.63, 3.8) is 0 Å². The highest BCUT2D eigenvalue weighted by Gasteiger charge is 2.03. The van der Waals surface area contributed by atoms with Gasteiger partial charge >= 0.3 is 0 Å². The Kier molecular flexibility index (Phi) is 8.73. The van der Waals surface area contributed by atoms with Gasteiger partial charge in [0, 0.05) is 12.2 Å². The topological polar surface area (TPSA) is 12.0 Å². The summed E-state index contributed by atoms with van der Waals surface area (Å²) in [5, 5.41) is 3.40. The Morgan fingerprint density at radius 1 is 0.833 bits per heavy atom. The van der Waals surface area contributed by atoms with Crippen LogP contribution in [0, 0.1) is 6.92 Å². The van der Waals surface area contributed by atoms with Gasteiger partial charge in [-0.3, -0.25) is 0 Å². The van der Waals surface area contributed by atoms with Gasteiger partial charge in [-0.2, -0.15) is 0 Å². The number of allylic oxidation sites excluding steroid dienone is 2. The smallest absolute Gasteiger partial charge is 0.0416 e. The van der Waals surface area contributed by atoms with Crippen LogP contribution in [-0.2, 0) is 0 Å². The van der Waals surface area contributed by atoms with Crippen LogP contribution < -0.4 is 5.32 Å². The molecule has 0 amide bonds. The molecule has 1 aromatic carbocycles. The Morgan fingerprint density at radius 2 is 1.39 bits per heavy atom. The second-order valence-corrected chi connectivity index (χ2v) is 3.81. The first-order chi connectivity index (χ1) is 8.75. The quantitative estimate of drug-likeness (QED) is 0.739. The Hall–Kier alpha value is -1.50. The van der Waals surface area contributed by atoms with Gasteiger partial charge < -0.3 is 5.32 Å². The molecular formula is C17H27N. The number of nitrogens with one attached hydrogen (secondary N) is 1. The summed E-state index contributed by atoms with van der Waals surface area (Å²) in [6.07, 6.45) is 4.31. The molecule has 0 spiro atoms. The maximum absolute atomic E-state index is 3.40. The molecule has 18 heavy (non-hydrogen) atoms. The van der Waals surface area contributed by atoms with Crippen molar-refractivity contribution in [2.75, 3.05) is 6.54 Å². The van der Waals surface area contributed by atoms with E-state index in [0.717, 1.165) is 6.54 Å². The molecule has 0 saturated heterocycles. The maximum atomic E-state index is 3.40. The number of benzene rings is 1. The Balaban J connectivity index is 0.000000659. The lowest BCUT2D eigenvalue weighted by atomic mass is 10.1. The normalized spacial score (nSPS) is 12.8. The molecule has 1 aromatic rings. The van der Waals surface area contributed by atoms with Gasteiger partial charge in [-0.05, 0) is 25.5 Å². The van der Waals surface area contributed by atoms with Crippen molar-refractivity contribution in [1.29, 1.82) is 0 Å². The van der Waals surface area contributed by atoms with E-state index in [1.54, 1.807) is 0 Å².